The Balaban J connectivity index is 1.46. The van der Waals surface area contributed by atoms with Crippen LogP contribution in [0, 0.1) is 11.8 Å². The molecular formula is C20H25NO6. The maximum atomic E-state index is 12.6. The molecule has 2 N–H and O–H groups in total. The molecule has 1 amide bonds. The highest BCUT2D eigenvalue weighted by molar-refractivity contribution is 5.81. The van der Waals surface area contributed by atoms with E-state index in [0.29, 0.717) is 39.0 Å². The number of carboxylic acid groups (broad SMARTS) is 1. The second-order valence-electron chi connectivity index (χ2n) is 7.72. The lowest BCUT2D eigenvalue weighted by atomic mass is 9.74. The normalized spacial score (nSPS) is 25.9. The summed E-state index contributed by atoms with van der Waals surface area (Å²) in [6, 6.07) is 5.97. The van der Waals surface area contributed by atoms with Crippen LogP contribution in [0.2, 0.25) is 0 Å². The molecule has 0 radical (unpaired) electrons. The summed E-state index contributed by atoms with van der Waals surface area (Å²) in [4.78, 5) is 23.8. The number of hydrogen-bond acceptors (Lipinski definition) is 5. The predicted molar refractivity (Wildman–Crippen MR) is 95.8 cm³/mol. The first-order chi connectivity index (χ1) is 13.1. The second-order valence-corrected chi connectivity index (χ2v) is 7.72. The van der Waals surface area contributed by atoms with Gasteiger partial charge in [0.1, 0.15) is 0 Å². The molecule has 7 heteroatoms. The van der Waals surface area contributed by atoms with Gasteiger partial charge >= 0.3 is 5.97 Å². The SMILES string of the molecule is O=C(O)[C@@H]1CC[C@H](C(=O)NCC2(c3ccc4c(c3)OCO4)CCOCC2)C1. The van der Waals surface area contributed by atoms with Crippen LogP contribution in [0.25, 0.3) is 0 Å². The first-order valence-corrected chi connectivity index (χ1v) is 9.56. The minimum atomic E-state index is -0.799. The summed E-state index contributed by atoms with van der Waals surface area (Å²) in [5.74, 6) is 0.0452. The molecule has 3 aliphatic rings. The number of fused-ring (bicyclic) bond motifs is 1. The summed E-state index contributed by atoms with van der Waals surface area (Å²) in [6.45, 7) is 2.05. The topological polar surface area (TPSA) is 94.1 Å². The maximum absolute atomic E-state index is 12.6. The van der Waals surface area contributed by atoms with Gasteiger partial charge in [-0.05, 0) is 49.8 Å². The highest BCUT2D eigenvalue weighted by Crippen LogP contribution is 2.41. The van der Waals surface area contributed by atoms with Crippen LogP contribution in [0.1, 0.15) is 37.7 Å². The minimum Gasteiger partial charge on any atom is -0.481 e. The Kier molecular flexibility index (Phi) is 4.95. The molecule has 0 spiro atoms. The van der Waals surface area contributed by atoms with Crippen LogP contribution in [0.3, 0.4) is 0 Å². The highest BCUT2D eigenvalue weighted by atomic mass is 16.7. The Morgan fingerprint density at radius 1 is 1.11 bits per heavy atom. The summed E-state index contributed by atoms with van der Waals surface area (Å²) >= 11 is 0. The van der Waals surface area contributed by atoms with Gasteiger partial charge in [-0.3, -0.25) is 9.59 Å². The van der Waals surface area contributed by atoms with Gasteiger partial charge in [-0.25, -0.2) is 0 Å². The fourth-order valence-electron chi connectivity index (χ4n) is 4.40. The smallest absolute Gasteiger partial charge is 0.306 e. The van der Waals surface area contributed by atoms with Gasteiger partial charge in [0, 0.05) is 31.1 Å². The molecule has 146 valence electrons. The van der Waals surface area contributed by atoms with Gasteiger partial charge in [0.25, 0.3) is 0 Å². The third-order valence-electron chi connectivity index (χ3n) is 6.19. The van der Waals surface area contributed by atoms with E-state index in [2.05, 4.69) is 5.32 Å². The van der Waals surface area contributed by atoms with Crippen LogP contribution >= 0.6 is 0 Å². The molecule has 1 aromatic rings. The first kappa shape index (κ1) is 18.1. The monoisotopic (exact) mass is 375 g/mol. The first-order valence-electron chi connectivity index (χ1n) is 9.56. The Bertz CT molecular complexity index is 727. The van der Waals surface area contributed by atoms with Crippen molar-refractivity contribution in [3.63, 3.8) is 0 Å². The summed E-state index contributed by atoms with van der Waals surface area (Å²) in [5.41, 5.74) is 0.907. The van der Waals surface area contributed by atoms with Gasteiger partial charge in [-0.15, -0.1) is 0 Å². The maximum Gasteiger partial charge on any atom is 0.306 e. The van der Waals surface area contributed by atoms with Crippen LogP contribution in [-0.4, -0.2) is 43.5 Å². The van der Waals surface area contributed by atoms with E-state index in [1.165, 1.54) is 0 Å². The molecule has 2 heterocycles. The fraction of sp³-hybridized carbons (Fsp3) is 0.600. The van der Waals surface area contributed by atoms with Crippen LogP contribution in [-0.2, 0) is 19.7 Å². The standard InChI is InChI=1S/C20H25NO6/c22-18(13-1-2-14(9-13)19(23)24)21-11-20(5-7-25-8-6-20)15-3-4-16-17(10-15)27-12-26-16/h3-4,10,13-14H,1-2,5-9,11-12H2,(H,21,22)(H,23,24)/t13-,14+/m0/s1. The van der Waals surface area contributed by atoms with Crippen molar-refractivity contribution in [1.29, 1.82) is 0 Å². The molecule has 1 aromatic carbocycles. The van der Waals surface area contributed by atoms with E-state index < -0.39 is 11.9 Å². The van der Waals surface area contributed by atoms with Crippen molar-refractivity contribution in [2.24, 2.45) is 11.8 Å². The van der Waals surface area contributed by atoms with E-state index in [0.717, 1.165) is 29.9 Å². The van der Waals surface area contributed by atoms with Crippen molar-refractivity contribution in [3.8, 4) is 11.5 Å². The molecule has 1 saturated heterocycles. The number of aliphatic carboxylic acids is 1. The summed E-state index contributed by atoms with van der Waals surface area (Å²) in [5, 5.41) is 12.2. The minimum absolute atomic E-state index is 0.0367. The average molecular weight is 375 g/mol. The van der Waals surface area contributed by atoms with E-state index in [-0.39, 0.29) is 24.0 Å². The molecule has 2 fully saturated rings. The zero-order valence-corrected chi connectivity index (χ0v) is 15.2. The Labute approximate surface area is 158 Å². The Morgan fingerprint density at radius 2 is 1.85 bits per heavy atom. The molecule has 1 saturated carbocycles. The van der Waals surface area contributed by atoms with Crippen molar-refractivity contribution in [1.82, 2.24) is 5.32 Å². The Morgan fingerprint density at radius 3 is 2.59 bits per heavy atom. The molecule has 27 heavy (non-hydrogen) atoms. The van der Waals surface area contributed by atoms with Crippen LogP contribution < -0.4 is 14.8 Å². The fourth-order valence-corrected chi connectivity index (χ4v) is 4.40. The van der Waals surface area contributed by atoms with E-state index >= 15 is 0 Å². The molecular weight excluding hydrogens is 350 g/mol. The second kappa shape index (κ2) is 7.38. The van der Waals surface area contributed by atoms with E-state index in [1.54, 1.807) is 0 Å². The number of nitrogens with one attached hydrogen (secondary N) is 1. The van der Waals surface area contributed by atoms with Crippen molar-refractivity contribution < 1.29 is 28.9 Å². The third kappa shape index (κ3) is 3.60. The highest BCUT2D eigenvalue weighted by Gasteiger charge is 2.38. The van der Waals surface area contributed by atoms with E-state index in [1.807, 2.05) is 18.2 Å². The molecule has 0 unspecified atom stereocenters. The lowest BCUT2D eigenvalue weighted by molar-refractivity contribution is -0.141. The summed E-state index contributed by atoms with van der Waals surface area (Å²) < 4.78 is 16.5. The molecule has 4 rings (SSSR count). The number of amides is 1. The summed E-state index contributed by atoms with van der Waals surface area (Å²) in [7, 11) is 0. The van der Waals surface area contributed by atoms with Gasteiger partial charge in [-0.2, -0.15) is 0 Å². The van der Waals surface area contributed by atoms with Gasteiger partial charge < -0.3 is 24.6 Å². The number of hydrogen-bond donors (Lipinski definition) is 2. The van der Waals surface area contributed by atoms with Gasteiger partial charge in [0.15, 0.2) is 11.5 Å². The number of carboxylic acids is 1. The zero-order valence-electron chi connectivity index (χ0n) is 15.2. The number of ether oxygens (including phenoxy) is 3. The zero-order chi connectivity index (χ0) is 18.9. The van der Waals surface area contributed by atoms with Crippen molar-refractivity contribution in [2.45, 2.75) is 37.5 Å². The quantitative estimate of drug-likeness (QED) is 0.818. The summed E-state index contributed by atoms with van der Waals surface area (Å²) in [6.07, 6.45) is 3.28. The number of carbonyl (C=O) groups is 2. The predicted octanol–water partition coefficient (Wildman–Crippen LogP) is 2.08. The lowest BCUT2D eigenvalue weighted by Gasteiger charge is -2.38. The van der Waals surface area contributed by atoms with Gasteiger partial charge in [0.2, 0.25) is 12.7 Å². The largest absolute Gasteiger partial charge is 0.481 e. The van der Waals surface area contributed by atoms with Crippen molar-refractivity contribution in [3.05, 3.63) is 23.8 Å². The average Bonchev–Trinajstić information content (AvgIpc) is 3.35. The number of rotatable bonds is 5. The number of carbonyl (C=O) groups excluding carboxylic acids is 1. The van der Waals surface area contributed by atoms with Crippen LogP contribution in [0.4, 0.5) is 0 Å². The van der Waals surface area contributed by atoms with Gasteiger partial charge in [0.05, 0.1) is 5.92 Å². The van der Waals surface area contributed by atoms with Gasteiger partial charge in [-0.1, -0.05) is 6.07 Å². The lowest BCUT2D eigenvalue weighted by Crippen LogP contribution is -2.45. The molecule has 2 atom stereocenters. The Hall–Kier alpha value is -2.28. The number of benzene rings is 1. The van der Waals surface area contributed by atoms with E-state index in [9.17, 15) is 9.59 Å². The van der Waals surface area contributed by atoms with Crippen molar-refractivity contribution in [2.75, 3.05) is 26.6 Å². The molecule has 0 bridgehead atoms. The van der Waals surface area contributed by atoms with Crippen molar-refractivity contribution >= 4 is 11.9 Å². The molecule has 1 aliphatic carbocycles. The van der Waals surface area contributed by atoms with E-state index in [4.69, 9.17) is 19.3 Å². The molecule has 2 aliphatic heterocycles. The molecule has 0 aromatic heterocycles. The molecule has 7 nitrogen and oxygen atoms in total. The van der Waals surface area contributed by atoms with Crippen LogP contribution in [0.5, 0.6) is 11.5 Å². The van der Waals surface area contributed by atoms with Crippen LogP contribution in [0.15, 0.2) is 18.2 Å². The third-order valence-corrected chi connectivity index (χ3v) is 6.19.